The Morgan fingerprint density at radius 2 is 1.19 bits per heavy atom. The number of aromatic nitrogens is 4. The highest BCUT2D eigenvalue weighted by Crippen LogP contribution is 2.31. The monoisotopic (exact) mass is 669 g/mol. The molecule has 4 heterocycles. The number of aliphatic hydroxyl groups is 1. The van der Waals surface area contributed by atoms with Gasteiger partial charge in [-0.05, 0) is 50.6 Å². The van der Waals surface area contributed by atoms with Gasteiger partial charge in [0.25, 0.3) is 5.91 Å². The highest BCUT2D eigenvalue weighted by atomic mass is 16.3. The van der Waals surface area contributed by atoms with E-state index < -0.39 is 242 Å². The Bertz CT molecular complexity index is 3620. The number of hydrogen-bond acceptors (Lipinski definition) is 5. The van der Waals surface area contributed by atoms with Crippen LogP contribution in [0.4, 0.5) is 0 Å². The van der Waals surface area contributed by atoms with Crippen LogP contribution in [0.2, 0.25) is 0 Å². The van der Waals surface area contributed by atoms with Gasteiger partial charge in [-0.15, -0.1) is 0 Å². The van der Waals surface area contributed by atoms with Crippen molar-refractivity contribution in [1.29, 1.82) is 0 Å². The fraction of sp³-hybridized carbons (Fsp3) is 0.263. The average molecular weight is 669 g/mol. The summed E-state index contributed by atoms with van der Waals surface area (Å²) in [5.41, 5.74) is -10.8. The van der Waals surface area contributed by atoms with Crippen LogP contribution in [-0.4, -0.2) is 73.4 Å². The lowest BCUT2D eigenvalue weighted by molar-refractivity contribution is -0.138. The third-order valence-electron chi connectivity index (χ3n) is 5.94. The molecule has 0 spiro atoms. The van der Waals surface area contributed by atoms with Crippen LogP contribution in [0.1, 0.15) is 91.8 Å². The van der Waals surface area contributed by atoms with E-state index in [0.29, 0.717) is 8.80 Å². The Labute approximate surface area is 329 Å². The molecule has 4 aromatic heterocycles. The first-order valence-electron chi connectivity index (χ1n) is 31.5. The Hall–Kier alpha value is -5.28. The third-order valence-corrected chi connectivity index (χ3v) is 5.94. The van der Waals surface area contributed by atoms with Gasteiger partial charge in [0, 0.05) is 84.3 Å². The van der Waals surface area contributed by atoms with Gasteiger partial charge in [0.1, 0.15) is 11.3 Å². The third kappa shape index (κ3) is 7.10. The van der Waals surface area contributed by atoms with Crippen molar-refractivity contribution in [1.82, 2.24) is 28.6 Å². The predicted molar refractivity (Wildman–Crippen MR) is 186 cm³/mol. The lowest BCUT2D eigenvalue weighted by Crippen LogP contribution is -2.29. The molecular formula is C38H42N6O3. The standard InChI is InChI=1S/C19H21N3O2.C19H21N3O/c1-12-5-8-14(9-6-12)16-17(18(23)19(24)21(3)4)22-11-13(2)7-10-15(22)20-16;1-13-5-8-15(9-6-13)19-16(11-18(23)21(3)4)22-12-14(2)7-10-17(22)20-19/h5-11,18,23H,1-4H3;5-10,12H,11H2,1-4H3/i1D3,2D3,3D3,4D3,5D,6D,7D,8D,9D,10D,11D;1D3,2D3,3D3,4D3,5D,6D,7D,8D,9D,10D,12D. The molecule has 0 aliphatic carbocycles. The molecule has 47 heavy (non-hydrogen) atoms. The number of benzene rings is 2. The number of pyridine rings is 2. The zero-order chi connectivity index (χ0) is 66.2. The largest absolute Gasteiger partial charge is 0.377 e. The van der Waals surface area contributed by atoms with Crippen molar-refractivity contribution in [2.45, 2.75) is 39.9 Å². The van der Waals surface area contributed by atoms with Gasteiger partial charge < -0.3 is 19.3 Å². The first-order valence-corrected chi connectivity index (χ1v) is 12.5. The molecule has 1 N–H and O–H groups in total. The molecule has 0 aliphatic rings. The van der Waals surface area contributed by atoms with Crippen molar-refractivity contribution < 1.29 is 66.8 Å². The minimum Gasteiger partial charge on any atom is -0.377 e. The van der Waals surface area contributed by atoms with Gasteiger partial charge >= 0.3 is 0 Å². The molecule has 242 valence electrons. The van der Waals surface area contributed by atoms with Crippen molar-refractivity contribution in [2.24, 2.45) is 0 Å². The van der Waals surface area contributed by atoms with Gasteiger partial charge in [0.15, 0.2) is 6.10 Å². The molecule has 6 rings (SSSR count). The molecular weight excluding hydrogens is 588 g/mol. The van der Waals surface area contributed by atoms with Crippen LogP contribution in [-0.2, 0) is 16.0 Å². The summed E-state index contributed by atoms with van der Waals surface area (Å²) in [6.07, 6.45) is -6.48. The number of carbonyl (C=O) groups is 2. The van der Waals surface area contributed by atoms with E-state index in [9.17, 15) is 14.7 Å². The maximum Gasteiger partial charge on any atom is 0.257 e. The van der Waals surface area contributed by atoms with E-state index in [1.165, 1.54) is 0 Å². The van der Waals surface area contributed by atoms with Crippen molar-refractivity contribution in [3.63, 3.8) is 0 Å². The zero-order valence-corrected chi connectivity index (χ0v) is 23.2. The van der Waals surface area contributed by atoms with E-state index in [4.69, 9.17) is 52.1 Å². The average Bonchev–Trinajstić information content (AvgIpc) is 1.66. The minimum atomic E-state index is -3.71. The summed E-state index contributed by atoms with van der Waals surface area (Å²) in [5, 5.41) is 11.2. The quantitative estimate of drug-likeness (QED) is 0.235. The first kappa shape index (κ1) is 9.87. The van der Waals surface area contributed by atoms with Gasteiger partial charge in [-0.25, -0.2) is 9.97 Å². The fourth-order valence-corrected chi connectivity index (χ4v) is 3.93. The van der Waals surface area contributed by atoms with Crippen molar-refractivity contribution in [3.05, 3.63) is 118 Å². The molecule has 1 atom stereocenters. The van der Waals surface area contributed by atoms with Crippen LogP contribution in [0.5, 0.6) is 0 Å². The summed E-state index contributed by atoms with van der Waals surface area (Å²) in [6.45, 7) is -27.2. The molecule has 2 aromatic carbocycles. The van der Waals surface area contributed by atoms with Gasteiger partial charge in [-0.1, -0.05) is 71.6 Å². The summed E-state index contributed by atoms with van der Waals surface area (Å²) in [7, 11) is 0. The topological polar surface area (TPSA) is 95.5 Å². The van der Waals surface area contributed by atoms with Gasteiger partial charge in [0.2, 0.25) is 5.91 Å². The SMILES string of the molecule is [2H]c1c([2H])c(C([2H])([2H])[2H])c([2H])c([2H])c1-c1nc2c([2H])c([2H])c(C([2H])([2H])[2H])c([2H])n2c1C(O)C(=O)N(C([2H])([2H])[2H])C([2H])([2H])[2H].[2H]c1c([2H])c(C([2H])([2H])[2H])c([2H])c([2H])c1-c1nc2c([2H])c([2H])c(C([2H])([2H])[2H])c([2H])n2c1CC(=O)N(C([2H])([2H])[2H])C([2H])([2H])[2H]. The molecule has 0 radical (unpaired) electrons. The molecule has 0 saturated heterocycles. The smallest absolute Gasteiger partial charge is 0.257 e. The van der Waals surface area contributed by atoms with E-state index in [1.807, 2.05) is 0 Å². The summed E-state index contributed by atoms with van der Waals surface area (Å²) in [5.74, 6) is -3.71. The zero-order valence-electron chi connectivity index (χ0n) is 61.2. The summed E-state index contributed by atoms with van der Waals surface area (Å²) < 4.78 is 300. The molecule has 2 amide bonds. The molecule has 9 nitrogen and oxygen atoms in total. The van der Waals surface area contributed by atoms with Crippen LogP contribution in [0.25, 0.3) is 33.8 Å². The minimum absolute atomic E-state index is 0.320. The van der Waals surface area contributed by atoms with Crippen LogP contribution in [0, 0.1) is 27.4 Å². The second-order valence-corrected chi connectivity index (χ2v) is 9.03. The normalized spacial score (nSPS) is 25.6. The number of hydrogen-bond donors (Lipinski definition) is 1. The van der Waals surface area contributed by atoms with Crippen molar-refractivity contribution >= 4 is 23.1 Å². The first-order chi connectivity index (χ1) is 37.9. The number of fused-ring (bicyclic) bond motifs is 2. The molecule has 0 aliphatic heterocycles. The van der Waals surface area contributed by atoms with Crippen LogP contribution < -0.4 is 0 Å². The molecule has 1 unspecified atom stereocenters. The lowest BCUT2D eigenvalue weighted by atomic mass is 10.1. The van der Waals surface area contributed by atoms with Crippen molar-refractivity contribution in [3.8, 4) is 22.5 Å². The fourth-order valence-electron chi connectivity index (χ4n) is 3.93. The molecule has 9 heteroatoms. The van der Waals surface area contributed by atoms with E-state index in [1.54, 1.807) is 0 Å². The lowest BCUT2D eigenvalue weighted by Gasteiger charge is -2.17. The second kappa shape index (κ2) is 13.6. The Morgan fingerprint density at radius 3 is 1.74 bits per heavy atom. The summed E-state index contributed by atoms with van der Waals surface area (Å²) >= 11 is 0. The van der Waals surface area contributed by atoms with Gasteiger partial charge in [-0.2, -0.15) is 0 Å². The number of rotatable bonds is 6. The number of carbonyl (C=O) groups excluding carboxylic acids is 2. The van der Waals surface area contributed by atoms with Crippen molar-refractivity contribution in [2.75, 3.05) is 27.9 Å². The van der Waals surface area contributed by atoms with E-state index in [2.05, 4.69) is 9.97 Å². The van der Waals surface area contributed by atoms with Crippen LogP contribution >= 0.6 is 0 Å². The Kier molecular flexibility index (Phi) is 2.86. The highest BCUT2D eigenvalue weighted by molar-refractivity contribution is 5.84. The molecule has 0 saturated carbocycles. The summed E-state index contributed by atoms with van der Waals surface area (Å²) in [6, 6.07) is -12.5. The number of likely N-dealkylation sites (N-methyl/N-ethyl adjacent to an activating group) is 2. The Balaban J connectivity index is 0.000000311. The maximum atomic E-state index is 13.3. The van der Waals surface area contributed by atoms with Crippen LogP contribution in [0.3, 0.4) is 0 Å². The molecule has 0 bridgehead atoms. The Morgan fingerprint density at radius 1 is 0.702 bits per heavy atom. The predicted octanol–water partition coefficient (Wildman–Crippen LogP) is 5.99. The van der Waals surface area contributed by atoms with E-state index in [-0.39, 0.29) is 0 Å². The number of aliphatic hydroxyl groups excluding tert-OH is 1. The summed E-state index contributed by atoms with van der Waals surface area (Å²) in [4.78, 5) is 33.3. The molecule has 6 aromatic rings. The molecule has 0 fully saturated rings. The van der Waals surface area contributed by atoms with E-state index >= 15 is 0 Å². The van der Waals surface area contributed by atoms with Crippen LogP contribution in [0.15, 0.2) is 84.9 Å². The van der Waals surface area contributed by atoms with Gasteiger partial charge in [0.05, 0.1) is 48.4 Å². The van der Waals surface area contributed by atoms with E-state index in [0.717, 1.165) is 0 Å². The maximum absolute atomic E-state index is 13.3. The number of imidazole rings is 2. The number of nitrogens with zero attached hydrogens (tertiary/aromatic N) is 6. The number of amides is 2. The second-order valence-electron chi connectivity index (χ2n) is 9.03. The van der Waals surface area contributed by atoms with Gasteiger partial charge in [-0.3, -0.25) is 14.0 Å². The highest BCUT2D eigenvalue weighted by Gasteiger charge is 2.27.